The molecule has 27 heavy (non-hydrogen) atoms. The van der Waals surface area contributed by atoms with E-state index < -0.39 is 11.7 Å². The van der Waals surface area contributed by atoms with Crippen LogP contribution in [0.3, 0.4) is 0 Å². The second-order valence-electron chi connectivity index (χ2n) is 6.22. The topological polar surface area (TPSA) is 57.7 Å². The molecule has 0 fully saturated rings. The Morgan fingerprint density at radius 1 is 1.00 bits per heavy atom. The van der Waals surface area contributed by atoms with Crippen molar-refractivity contribution in [2.45, 2.75) is 19.3 Å². The molecule has 1 aromatic heterocycles. The number of nitriles is 1. The summed E-state index contributed by atoms with van der Waals surface area (Å²) in [4.78, 5) is 1.81. The summed E-state index contributed by atoms with van der Waals surface area (Å²) in [6.45, 7) is 1.44. The second kappa shape index (κ2) is 6.43. The molecule has 0 saturated carbocycles. The summed E-state index contributed by atoms with van der Waals surface area (Å²) < 4.78 is 41.6. The van der Waals surface area contributed by atoms with Gasteiger partial charge in [-0.05, 0) is 18.2 Å². The standard InChI is InChI=1S/C19H14F3N5/c20-19(21,22)16-10-15(7-6-14(16)11-23)26-8-9-27-17(12-26)24-25-18(27)13-4-2-1-3-5-13/h1-7,10H,8-9,12H2. The van der Waals surface area contributed by atoms with Gasteiger partial charge < -0.3 is 9.47 Å². The fourth-order valence-electron chi connectivity index (χ4n) is 3.24. The van der Waals surface area contributed by atoms with Crippen LogP contribution < -0.4 is 4.90 Å². The summed E-state index contributed by atoms with van der Waals surface area (Å²) in [6.07, 6.45) is -4.57. The molecule has 0 unspecified atom stereocenters. The molecule has 8 heteroatoms. The molecule has 136 valence electrons. The van der Waals surface area contributed by atoms with Crippen LogP contribution in [0, 0.1) is 11.3 Å². The number of hydrogen-bond acceptors (Lipinski definition) is 4. The molecule has 2 aromatic carbocycles. The highest BCUT2D eigenvalue weighted by molar-refractivity contribution is 5.57. The third-order valence-electron chi connectivity index (χ3n) is 4.58. The summed E-state index contributed by atoms with van der Waals surface area (Å²) in [5.74, 6) is 1.44. The van der Waals surface area contributed by atoms with Crippen molar-refractivity contribution >= 4 is 5.69 Å². The molecule has 0 amide bonds. The monoisotopic (exact) mass is 369 g/mol. The number of fused-ring (bicyclic) bond motifs is 1. The van der Waals surface area contributed by atoms with Crippen molar-refractivity contribution in [1.29, 1.82) is 5.26 Å². The highest BCUT2D eigenvalue weighted by Crippen LogP contribution is 2.35. The summed E-state index contributed by atoms with van der Waals surface area (Å²) >= 11 is 0. The van der Waals surface area contributed by atoms with E-state index in [0.29, 0.717) is 31.1 Å². The zero-order chi connectivity index (χ0) is 19.0. The van der Waals surface area contributed by atoms with Gasteiger partial charge in [-0.1, -0.05) is 30.3 Å². The Hall–Kier alpha value is -3.34. The first-order valence-corrected chi connectivity index (χ1v) is 8.31. The SMILES string of the molecule is N#Cc1ccc(N2CCn3c(nnc3-c3ccccc3)C2)cc1C(F)(F)F. The molecular weight excluding hydrogens is 355 g/mol. The predicted molar refractivity (Wildman–Crippen MR) is 92.7 cm³/mol. The van der Waals surface area contributed by atoms with Gasteiger partial charge in [-0.25, -0.2) is 0 Å². The van der Waals surface area contributed by atoms with Crippen LogP contribution in [0.1, 0.15) is 17.0 Å². The molecule has 0 spiro atoms. The van der Waals surface area contributed by atoms with Crippen LogP contribution in [-0.2, 0) is 19.3 Å². The van der Waals surface area contributed by atoms with Crippen LogP contribution in [0.2, 0.25) is 0 Å². The number of benzene rings is 2. The number of rotatable bonds is 2. The first-order valence-electron chi connectivity index (χ1n) is 8.31. The van der Waals surface area contributed by atoms with Gasteiger partial charge in [0.15, 0.2) is 11.6 Å². The molecule has 0 N–H and O–H groups in total. The molecule has 0 bridgehead atoms. The molecule has 1 aliphatic rings. The van der Waals surface area contributed by atoms with Gasteiger partial charge in [-0.3, -0.25) is 0 Å². The fourth-order valence-corrected chi connectivity index (χ4v) is 3.24. The van der Waals surface area contributed by atoms with Gasteiger partial charge in [-0.15, -0.1) is 10.2 Å². The van der Waals surface area contributed by atoms with Gasteiger partial charge in [0, 0.05) is 24.3 Å². The second-order valence-corrected chi connectivity index (χ2v) is 6.22. The van der Waals surface area contributed by atoms with Crippen LogP contribution >= 0.6 is 0 Å². The molecule has 0 atom stereocenters. The van der Waals surface area contributed by atoms with Crippen molar-refractivity contribution in [3.8, 4) is 17.5 Å². The van der Waals surface area contributed by atoms with Crippen LogP contribution in [0.5, 0.6) is 0 Å². The zero-order valence-electron chi connectivity index (χ0n) is 14.1. The lowest BCUT2D eigenvalue weighted by Crippen LogP contribution is -2.34. The normalized spacial score (nSPS) is 13.9. The minimum absolute atomic E-state index is 0.350. The van der Waals surface area contributed by atoms with E-state index >= 15 is 0 Å². The first-order chi connectivity index (χ1) is 13.0. The van der Waals surface area contributed by atoms with Gasteiger partial charge in [0.2, 0.25) is 0 Å². The Labute approximate surface area is 153 Å². The van der Waals surface area contributed by atoms with Gasteiger partial charge in [0.05, 0.1) is 23.7 Å². The third-order valence-corrected chi connectivity index (χ3v) is 4.58. The number of aromatic nitrogens is 3. The summed E-state index contributed by atoms with van der Waals surface area (Å²) in [5, 5.41) is 17.4. The van der Waals surface area contributed by atoms with Crippen molar-refractivity contribution in [2.75, 3.05) is 11.4 Å². The molecule has 1 aliphatic heterocycles. The molecule has 3 aromatic rings. The number of anilines is 1. The van der Waals surface area contributed by atoms with E-state index in [9.17, 15) is 13.2 Å². The van der Waals surface area contributed by atoms with Crippen molar-refractivity contribution < 1.29 is 13.2 Å². The van der Waals surface area contributed by atoms with E-state index in [0.717, 1.165) is 17.5 Å². The number of halogens is 3. The van der Waals surface area contributed by atoms with Crippen molar-refractivity contribution in [3.63, 3.8) is 0 Å². The Morgan fingerprint density at radius 3 is 2.48 bits per heavy atom. The van der Waals surface area contributed by atoms with E-state index in [1.165, 1.54) is 12.1 Å². The molecule has 2 heterocycles. The fraction of sp³-hybridized carbons (Fsp3) is 0.211. The van der Waals surface area contributed by atoms with Crippen LogP contribution in [0.15, 0.2) is 48.5 Å². The molecular formula is C19H14F3N5. The van der Waals surface area contributed by atoms with Gasteiger partial charge in [0.25, 0.3) is 0 Å². The number of hydrogen-bond donors (Lipinski definition) is 0. The molecule has 0 radical (unpaired) electrons. The maximum atomic E-state index is 13.2. The summed E-state index contributed by atoms with van der Waals surface area (Å²) in [6, 6.07) is 15.0. The lowest BCUT2D eigenvalue weighted by molar-refractivity contribution is -0.137. The smallest absolute Gasteiger partial charge is 0.362 e. The highest BCUT2D eigenvalue weighted by Gasteiger charge is 2.34. The largest absolute Gasteiger partial charge is 0.417 e. The van der Waals surface area contributed by atoms with E-state index in [1.54, 1.807) is 6.07 Å². The van der Waals surface area contributed by atoms with Crippen molar-refractivity contribution in [2.24, 2.45) is 0 Å². The van der Waals surface area contributed by atoms with Crippen molar-refractivity contribution in [3.05, 3.63) is 65.5 Å². The average molecular weight is 369 g/mol. The van der Waals surface area contributed by atoms with Crippen molar-refractivity contribution in [1.82, 2.24) is 14.8 Å². The minimum Gasteiger partial charge on any atom is -0.362 e. The Balaban J connectivity index is 1.65. The Kier molecular flexibility index (Phi) is 4.07. The minimum atomic E-state index is -4.57. The quantitative estimate of drug-likeness (QED) is 0.688. The lowest BCUT2D eigenvalue weighted by Gasteiger charge is -2.30. The summed E-state index contributed by atoms with van der Waals surface area (Å²) in [7, 11) is 0. The molecule has 5 nitrogen and oxygen atoms in total. The van der Waals surface area contributed by atoms with E-state index in [4.69, 9.17) is 5.26 Å². The van der Waals surface area contributed by atoms with Gasteiger partial charge in [0.1, 0.15) is 0 Å². The molecule has 4 rings (SSSR count). The highest BCUT2D eigenvalue weighted by atomic mass is 19.4. The molecule has 0 saturated heterocycles. The zero-order valence-corrected chi connectivity index (χ0v) is 14.1. The van der Waals surface area contributed by atoms with Gasteiger partial charge >= 0.3 is 6.18 Å². The lowest BCUT2D eigenvalue weighted by atomic mass is 10.1. The van der Waals surface area contributed by atoms with Crippen LogP contribution in [0.4, 0.5) is 18.9 Å². The first kappa shape index (κ1) is 17.1. The van der Waals surface area contributed by atoms with Gasteiger partial charge in [-0.2, -0.15) is 18.4 Å². The number of alkyl halides is 3. The Morgan fingerprint density at radius 2 is 1.78 bits per heavy atom. The maximum absolute atomic E-state index is 13.2. The predicted octanol–water partition coefficient (Wildman–Crippen LogP) is 3.86. The van der Waals surface area contributed by atoms with E-state index in [-0.39, 0.29) is 5.56 Å². The summed E-state index contributed by atoms with van der Waals surface area (Å²) in [5.41, 5.74) is 0.0663. The Bertz CT molecular complexity index is 1020. The molecule has 0 aliphatic carbocycles. The van der Waals surface area contributed by atoms with E-state index in [2.05, 4.69) is 10.2 Å². The average Bonchev–Trinajstić information content (AvgIpc) is 3.10. The van der Waals surface area contributed by atoms with Crippen LogP contribution in [-0.4, -0.2) is 21.3 Å². The number of nitrogens with zero attached hydrogens (tertiary/aromatic N) is 5. The van der Waals surface area contributed by atoms with E-state index in [1.807, 2.05) is 39.8 Å². The maximum Gasteiger partial charge on any atom is 0.417 e. The van der Waals surface area contributed by atoms with Crippen LogP contribution in [0.25, 0.3) is 11.4 Å². The third kappa shape index (κ3) is 3.12.